The summed E-state index contributed by atoms with van der Waals surface area (Å²) >= 11 is 2.08. The molecule has 0 aromatic carbocycles. The highest BCUT2D eigenvalue weighted by atomic mass is 32.2. The number of rotatable bonds is 4. The number of hydrogen-bond acceptors (Lipinski definition) is 2. The summed E-state index contributed by atoms with van der Waals surface area (Å²) in [6.07, 6.45) is 5.52. The normalized spacial score (nSPS) is 25.5. The highest BCUT2D eigenvalue weighted by Crippen LogP contribution is 2.19. The molecule has 0 aromatic rings. The van der Waals surface area contributed by atoms with Crippen LogP contribution in [0.2, 0.25) is 0 Å². The second-order valence-electron chi connectivity index (χ2n) is 2.81. The molecule has 0 bridgehead atoms. The third kappa shape index (κ3) is 2.93. The minimum atomic E-state index is 0.784. The van der Waals surface area contributed by atoms with E-state index >= 15 is 0 Å². The van der Waals surface area contributed by atoms with Crippen molar-refractivity contribution in [1.29, 1.82) is 0 Å². The van der Waals surface area contributed by atoms with Gasteiger partial charge in [-0.2, -0.15) is 0 Å². The lowest BCUT2D eigenvalue weighted by Gasteiger charge is -2.07. The van der Waals surface area contributed by atoms with Gasteiger partial charge in [0.1, 0.15) is 0 Å². The highest BCUT2D eigenvalue weighted by molar-refractivity contribution is 8.00. The SMILES string of the molecule is CCCCCC1NCCS1. The second-order valence-corrected chi connectivity index (χ2v) is 4.12. The molecule has 1 aliphatic rings. The first-order chi connectivity index (χ1) is 4.93. The highest BCUT2D eigenvalue weighted by Gasteiger charge is 2.12. The predicted molar refractivity (Wildman–Crippen MR) is 48.4 cm³/mol. The molecule has 1 N–H and O–H groups in total. The van der Waals surface area contributed by atoms with Crippen molar-refractivity contribution in [2.75, 3.05) is 12.3 Å². The van der Waals surface area contributed by atoms with Gasteiger partial charge < -0.3 is 5.32 Å². The molecule has 1 nitrogen and oxygen atoms in total. The summed E-state index contributed by atoms with van der Waals surface area (Å²) in [5, 5.41) is 4.26. The van der Waals surface area contributed by atoms with Crippen LogP contribution in [0.1, 0.15) is 32.6 Å². The Kier molecular flexibility index (Phi) is 4.23. The van der Waals surface area contributed by atoms with E-state index in [0.717, 1.165) is 5.37 Å². The molecule has 2 heteroatoms. The Morgan fingerprint density at radius 2 is 2.40 bits per heavy atom. The fraction of sp³-hybridized carbons (Fsp3) is 1.00. The van der Waals surface area contributed by atoms with E-state index in [1.54, 1.807) is 0 Å². The van der Waals surface area contributed by atoms with E-state index in [-0.39, 0.29) is 0 Å². The van der Waals surface area contributed by atoms with Crippen LogP contribution in [-0.4, -0.2) is 17.7 Å². The molecular weight excluding hydrogens is 142 g/mol. The molecule has 1 saturated heterocycles. The van der Waals surface area contributed by atoms with Gasteiger partial charge in [-0.05, 0) is 6.42 Å². The summed E-state index contributed by atoms with van der Waals surface area (Å²) in [7, 11) is 0. The zero-order valence-corrected chi connectivity index (χ0v) is 7.54. The molecular formula is C8H17NS. The van der Waals surface area contributed by atoms with Gasteiger partial charge in [-0.15, -0.1) is 11.8 Å². The Hall–Kier alpha value is 0.310. The molecule has 60 valence electrons. The fourth-order valence-corrected chi connectivity index (χ4v) is 2.33. The smallest absolute Gasteiger partial charge is 0.0532 e. The second kappa shape index (κ2) is 5.03. The Balaban J connectivity index is 1.91. The van der Waals surface area contributed by atoms with Gasteiger partial charge in [0.05, 0.1) is 5.37 Å². The van der Waals surface area contributed by atoms with Crippen LogP contribution in [0.5, 0.6) is 0 Å². The summed E-state index contributed by atoms with van der Waals surface area (Å²) in [5.74, 6) is 1.32. The van der Waals surface area contributed by atoms with Gasteiger partial charge in [0.2, 0.25) is 0 Å². The predicted octanol–water partition coefficient (Wildman–Crippen LogP) is 2.23. The molecule has 0 aliphatic carbocycles. The zero-order chi connectivity index (χ0) is 7.23. The van der Waals surface area contributed by atoms with Crippen LogP contribution in [0.3, 0.4) is 0 Å². The average Bonchev–Trinajstić information content (AvgIpc) is 2.41. The van der Waals surface area contributed by atoms with Gasteiger partial charge in [-0.25, -0.2) is 0 Å². The van der Waals surface area contributed by atoms with Crippen LogP contribution in [0.4, 0.5) is 0 Å². The molecule has 1 atom stereocenters. The molecule has 1 heterocycles. The van der Waals surface area contributed by atoms with Crippen molar-refractivity contribution in [2.24, 2.45) is 0 Å². The van der Waals surface area contributed by atoms with Gasteiger partial charge in [0, 0.05) is 12.3 Å². The minimum Gasteiger partial charge on any atom is -0.305 e. The molecule has 1 unspecified atom stereocenters. The molecule has 1 fully saturated rings. The maximum absolute atomic E-state index is 3.48. The lowest BCUT2D eigenvalue weighted by Crippen LogP contribution is -2.18. The molecule has 10 heavy (non-hydrogen) atoms. The monoisotopic (exact) mass is 159 g/mol. The first-order valence-electron chi connectivity index (χ1n) is 4.28. The molecule has 0 aromatic heterocycles. The maximum Gasteiger partial charge on any atom is 0.0532 e. The molecule has 1 aliphatic heterocycles. The Morgan fingerprint density at radius 3 is 3.00 bits per heavy atom. The summed E-state index contributed by atoms with van der Waals surface area (Å²) in [6.45, 7) is 3.48. The van der Waals surface area contributed by atoms with Gasteiger partial charge in [-0.3, -0.25) is 0 Å². The van der Waals surface area contributed by atoms with E-state index in [1.807, 2.05) is 0 Å². The summed E-state index contributed by atoms with van der Waals surface area (Å²) < 4.78 is 0. The maximum atomic E-state index is 3.48. The molecule has 0 saturated carbocycles. The number of hydrogen-bond donors (Lipinski definition) is 1. The van der Waals surface area contributed by atoms with Crippen LogP contribution in [0.15, 0.2) is 0 Å². The van der Waals surface area contributed by atoms with E-state index in [0.29, 0.717) is 0 Å². The Morgan fingerprint density at radius 1 is 1.50 bits per heavy atom. The van der Waals surface area contributed by atoms with E-state index in [2.05, 4.69) is 24.0 Å². The van der Waals surface area contributed by atoms with E-state index in [1.165, 1.54) is 38.0 Å². The topological polar surface area (TPSA) is 12.0 Å². The van der Waals surface area contributed by atoms with Crippen LogP contribution in [0.25, 0.3) is 0 Å². The molecule has 1 rings (SSSR count). The van der Waals surface area contributed by atoms with Crippen molar-refractivity contribution in [3.8, 4) is 0 Å². The van der Waals surface area contributed by atoms with Crippen molar-refractivity contribution in [3.63, 3.8) is 0 Å². The molecule has 0 radical (unpaired) electrons. The molecule has 0 spiro atoms. The lowest BCUT2D eigenvalue weighted by molar-refractivity contribution is 0.598. The fourth-order valence-electron chi connectivity index (χ4n) is 1.25. The van der Waals surface area contributed by atoms with E-state index in [4.69, 9.17) is 0 Å². The number of unbranched alkanes of at least 4 members (excludes halogenated alkanes) is 2. The Labute approximate surface area is 68.0 Å². The zero-order valence-electron chi connectivity index (χ0n) is 6.73. The van der Waals surface area contributed by atoms with Gasteiger partial charge >= 0.3 is 0 Å². The third-order valence-electron chi connectivity index (χ3n) is 1.86. The third-order valence-corrected chi connectivity index (χ3v) is 3.11. The molecule has 0 amide bonds. The van der Waals surface area contributed by atoms with Crippen LogP contribution in [-0.2, 0) is 0 Å². The van der Waals surface area contributed by atoms with E-state index < -0.39 is 0 Å². The van der Waals surface area contributed by atoms with E-state index in [9.17, 15) is 0 Å². The van der Waals surface area contributed by atoms with Crippen molar-refractivity contribution in [1.82, 2.24) is 5.32 Å². The largest absolute Gasteiger partial charge is 0.305 e. The van der Waals surface area contributed by atoms with Crippen LogP contribution in [0, 0.1) is 0 Å². The summed E-state index contributed by atoms with van der Waals surface area (Å²) in [5.41, 5.74) is 0. The van der Waals surface area contributed by atoms with Gasteiger partial charge in [0.25, 0.3) is 0 Å². The summed E-state index contributed by atoms with van der Waals surface area (Å²) in [4.78, 5) is 0. The quantitative estimate of drug-likeness (QED) is 0.631. The first-order valence-corrected chi connectivity index (χ1v) is 5.33. The average molecular weight is 159 g/mol. The van der Waals surface area contributed by atoms with Crippen molar-refractivity contribution >= 4 is 11.8 Å². The van der Waals surface area contributed by atoms with Gasteiger partial charge in [-0.1, -0.05) is 26.2 Å². The summed E-state index contributed by atoms with van der Waals surface area (Å²) in [6, 6.07) is 0. The van der Waals surface area contributed by atoms with Gasteiger partial charge in [0.15, 0.2) is 0 Å². The van der Waals surface area contributed by atoms with Crippen molar-refractivity contribution in [2.45, 2.75) is 38.0 Å². The first kappa shape index (κ1) is 8.41. The number of thioether (sulfide) groups is 1. The lowest BCUT2D eigenvalue weighted by atomic mass is 10.2. The standard InChI is InChI=1S/C8H17NS/c1-2-3-4-5-8-9-6-7-10-8/h8-9H,2-7H2,1H3. The minimum absolute atomic E-state index is 0.784. The van der Waals surface area contributed by atoms with Crippen LogP contribution < -0.4 is 5.32 Å². The van der Waals surface area contributed by atoms with Crippen molar-refractivity contribution < 1.29 is 0 Å². The van der Waals surface area contributed by atoms with Crippen LogP contribution >= 0.6 is 11.8 Å². The van der Waals surface area contributed by atoms with Crippen molar-refractivity contribution in [3.05, 3.63) is 0 Å². The Bertz CT molecular complexity index is 79.3. The number of nitrogens with one attached hydrogen (secondary N) is 1.